The van der Waals surface area contributed by atoms with E-state index in [9.17, 15) is 9.18 Å². The molecule has 1 aromatic carbocycles. The molecule has 0 unspecified atom stereocenters. The standard InChI is InChI=1S/C15H22FNO2/c1-12(2)19-11-10-17(3)9-8-15(18)13-6-4-5-7-14(13)16/h4-7,12H,8-11H2,1-3H3. The summed E-state index contributed by atoms with van der Waals surface area (Å²) in [6, 6.07) is 6.10. The lowest BCUT2D eigenvalue weighted by atomic mass is 10.1. The Balaban J connectivity index is 2.32. The Labute approximate surface area is 114 Å². The minimum Gasteiger partial charge on any atom is -0.377 e. The fourth-order valence-electron chi connectivity index (χ4n) is 1.67. The second-order valence-corrected chi connectivity index (χ2v) is 4.88. The number of hydrogen-bond acceptors (Lipinski definition) is 3. The molecule has 0 N–H and O–H groups in total. The average Bonchev–Trinajstić information content (AvgIpc) is 2.36. The van der Waals surface area contributed by atoms with Crippen LogP contribution in [0.15, 0.2) is 24.3 Å². The Kier molecular flexibility index (Phi) is 6.67. The van der Waals surface area contributed by atoms with Gasteiger partial charge in [0.25, 0.3) is 0 Å². The van der Waals surface area contributed by atoms with Crippen molar-refractivity contribution in [3.05, 3.63) is 35.6 Å². The van der Waals surface area contributed by atoms with Crippen molar-refractivity contribution in [1.82, 2.24) is 4.90 Å². The summed E-state index contributed by atoms with van der Waals surface area (Å²) in [6.07, 6.45) is 0.535. The summed E-state index contributed by atoms with van der Waals surface area (Å²) in [5, 5.41) is 0. The van der Waals surface area contributed by atoms with Crippen LogP contribution in [-0.2, 0) is 4.74 Å². The number of nitrogens with zero attached hydrogens (tertiary/aromatic N) is 1. The molecule has 0 aliphatic heterocycles. The number of hydrogen-bond donors (Lipinski definition) is 0. The smallest absolute Gasteiger partial charge is 0.167 e. The number of Topliss-reactive ketones (excluding diaryl/α,β-unsaturated/α-hetero) is 1. The van der Waals surface area contributed by atoms with E-state index in [1.807, 2.05) is 25.8 Å². The lowest BCUT2D eigenvalue weighted by molar-refractivity contribution is 0.0628. The molecule has 0 saturated carbocycles. The molecular weight excluding hydrogens is 245 g/mol. The fourth-order valence-corrected chi connectivity index (χ4v) is 1.67. The van der Waals surface area contributed by atoms with Crippen molar-refractivity contribution in [2.24, 2.45) is 0 Å². The molecule has 19 heavy (non-hydrogen) atoms. The lowest BCUT2D eigenvalue weighted by Gasteiger charge is -2.17. The molecular formula is C15H22FNO2. The first-order valence-electron chi connectivity index (χ1n) is 6.58. The van der Waals surface area contributed by atoms with Crippen LogP contribution in [0.3, 0.4) is 0 Å². The maximum atomic E-state index is 13.4. The molecule has 1 aromatic rings. The Morgan fingerprint density at radius 1 is 1.32 bits per heavy atom. The van der Waals surface area contributed by atoms with Crippen molar-refractivity contribution in [3.63, 3.8) is 0 Å². The molecule has 0 heterocycles. The van der Waals surface area contributed by atoms with Gasteiger partial charge in [0.05, 0.1) is 18.3 Å². The van der Waals surface area contributed by atoms with Gasteiger partial charge in [-0.05, 0) is 33.0 Å². The van der Waals surface area contributed by atoms with Gasteiger partial charge in [0.2, 0.25) is 0 Å². The molecule has 0 spiro atoms. The molecule has 0 saturated heterocycles. The minimum absolute atomic E-state index is 0.158. The Hall–Kier alpha value is -1.26. The molecule has 0 aliphatic carbocycles. The van der Waals surface area contributed by atoms with Crippen LogP contribution in [-0.4, -0.2) is 43.5 Å². The number of ether oxygens (including phenoxy) is 1. The summed E-state index contributed by atoms with van der Waals surface area (Å²) in [5.74, 6) is -0.604. The van der Waals surface area contributed by atoms with Crippen LogP contribution in [0, 0.1) is 5.82 Å². The molecule has 0 bridgehead atoms. The summed E-state index contributed by atoms with van der Waals surface area (Å²) in [7, 11) is 1.93. The summed E-state index contributed by atoms with van der Waals surface area (Å²) < 4.78 is 18.8. The van der Waals surface area contributed by atoms with E-state index in [0.29, 0.717) is 19.6 Å². The fraction of sp³-hybridized carbons (Fsp3) is 0.533. The average molecular weight is 267 g/mol. The van der Waals surface area contributed by atoms with Gasteiger partial charge in [-0.15, -0.1) is 0 Å². The van der Waals surface area contributed by atoms with Gasteiger partial charge in [-0.25, -0.2) is 4.39 Å². The van der Waals surface area contributed by atoms with Crippen molar-refractivity contribution >= 4 is 5.78 Å². The summed E-state index contributed by atoms with van der Waals surface area (Å²) in [5.41, 5.74) is 0.175. The van der Waals surface area contributed by atoms with E-state index < -0.39 is 5.82 Å². The van der Waals surface area contributed by atoms with E-state index in [0.717, 1.165) is 6.54 Å². The van der Waals surface area contributed by atoms with Crippen molar-refractivity contribution in [2.45, 2.75) is 26.4 Å². The largest absolute Gasteiger partial charge is 0.377 e. The molecule has 0 atom stereocenters. The normalized spacial score (nSPS) is 11.3. The van der Waals surface area contributed by atoms with Gasteiger partial charge in [-0.3, -0.25) is 4.79 Å². The van der Waals surface area contributed by atoms with E-state index in [-0.39, 0.29) is 17.5 Å². The highest BCUT2D eigenvalue weighted by Gasteiger charge is 2.11. The summed E-state index contributed by atoms with van der Waals surface area (Å²) in [4.78, 5) is 13.9. The maximum absolute atomic E-state index is 13.4. The van der Waals surface area contributed by atoms with Crippen LogP contribution in [0.4, 0.5) is 4.39 Å². The summed E-state index contributed by atoms with van der Waals surface area (Å²) >= 11 is 0. The first-order chi connectivity index (χ1) is 9.00. The quantitative estimate of drug-likeness (QED) is 0.678. The van der Waals surface area contributed by atoms with Gasteiger partial charge in [0.1, 0.15) is 5.82 Å². The number of benzene rings is 1. The molecule has 0 radical (unpaired) electrons. The Morgan fingerprint density at radius 3 is 2.63 bits per heavy atom. The molecule has 4 heteroatoms. The van der Waals surface area contributed by atoms with E-state index in [1.54, 1.807) is 12.1 Å². The summed E-state index contributed by atoms with van der Waals surface area (Å²) in [6.45, 7) is 5.99. The van der Waals surface area contributed by atoms with Crippen LogP contribution < -0.4 is 0 Å². The number of carbonyl (C=O) groups excluding carboxylic acids is 1. The van der Waals surface area contributed by atoms with Crippen LogP contribution >= 0.6 is 0 Å². The monoisotopic (exact) mass is 267 g/mol. The zero-order valence-corrected chi connectivity index (χ0v) is 11.9. The van der Waals surface area contributed by atoms with Crippen LogP contribution in [0.2, 0.25) is 0 Å². The van der Waals surface area contributed by atoms with Crippen molar-refractivity contribution in [1.29, 1.82) is 0 Å². The highest BCUT2D eigenvalue weighted by Crippen LogP contribution is 2.09. The minimum atomic E-state index is -0.446. The third kappa shape index (κ3) is 5.94. The predicted octanol–water partition coefficient (Wildman–Crippen LogP) is 2.76. The SMILES string of the molecule is CC(C)OCCN(C)CCC(=O)c1ccccc1F. The molecule has 3 nitrogen and oxygen atoms in total. The van der Waals surface area contributed by atoms with Crippen molar-refractivity contribution in [3.8, 4) is 0 Å². The van der Waals surface area contributed by atoms with E-state index in [2.05, 4.69) is 0 Å². The van der Waals surface area contributed by atoms with E-state index >= 15 is 0 Å². The molecule has 0 fully saturated rings. The Bertz CT molecular complexity index is 407. The predicted molar refractivity (Wildman–Crippen MR) is 73.9 cm³/mol. The van der Waals surface area contributed by atoms with Gasteiger partial charge in [-0.1, -0.05) is 12.1 Å². The van der Waals surface area contributed by atoms with Crippen molar-refractivity contribution in [2.75, 3.05) is 26.7 Å². The number of carbonyl (C=O) groups is 1. The molecule has 106 valence electrons. The van der Waals surface area contributed by atoms with Gasteiger partial charge in [0, 0.05) is 19.5 Å². The molecule has 1 rings (SSSR count). The van der Waals surface area contributed by atoms with E-state index in [1.165, 1.54) is 12.1 Å². The van der Waals surface area contributed by atoms with Gasteiger partial charge >= 0.3 is 0 Å². The van der Waals surface area contributed by atoms with Crippen LogP contribution in [0.25, 0.3) is 0 Å². The molecule has 0 aromatic heterocycles. The number of ketones is 1. The van der Waals surface area contributed by atoms with Gasteiger partial charge in [-0.2, -0.15) is 0 Å². The van der Waals surface area contributed by atoms with Gasteiger partial charge in [0.15, 0.2) is 5.78 Å². The number of rotatable bonds is 8. The highest BCUT2D eigenvalue weighted by molar-refractivity contribution is 5.96. The number of halogens is 1. The second-order valence-electron chi connectivity index (χ2n) is 4.88. The maximum Gasteiger partial charge on any atom is 0.167 e. The zero-order valence-electron chi connectivity index (χ0n) is 11.9. The van der Waals surface area contributed by atoms with E-state index in [4.69, 9.17) is 4.74 Å². The molecule has 0 amide bonds. The highest BCUT2D eigenvalue weighted by atomic mass is 19.1. The number of likely N-dealkylation sites (N-methyl/N-ethyl adjacent to an activating group) is 1. The molecule has 0 aliphatic rings. The Morgan fingerprint density at radius 2 is 2.00 bits per heavy atom. The van der Waals surface area contributed by atoms with Crippen LogP contribution in [0.5, 0.6) is 0 Å². The topological polar surface area (TPSA) is 29.5 Å². The first kappa shape index (κ1) is 15.8. The third-order valence-electron chi connectivity index (χ3n) is 2.82. The second kappa shape index (κ2) is 8.02. The lowest BCUT2D eigenvalue weighted by Crippen LogP contribution is -2.27. The van der Waals surface area contributed by atoms with Gasteiger partial charge < -0.3 is 9.64 Å². The zero-order chi connectivity index (χ0) is 14.3. The first-order valence-corrected chi connectivity index (χ1v) is 6.58. The van der Waals surface area contributed by atoms with Crippen LogP contribution in [0.1, 0.15) is 30.6 Å². The van der Waals surface area contributed by atoms with Crippen molar-refractivity contribution < 1.29 is 13.9 Å². The third-order valence-corrected chi connectivity index (χ3v) is 2.82.